The molecule has 0 amide bonds. The van der Waals surface area contributed by atoms with E-state index < -0.39 is 0 Å². The maximum absolute atomic E-state index is 8.36. The predicted octanol–water partition coefficient (Wildman–Crippen LogP) is 1.33. The number of hydrogen-bond donors (Lipinski definition) is 2. The molecule has 0 fully saturated rings. The molecule has 1 unspecified atom stereocenters. The first-order valence-corrected chi connectivity index (χ1v) is 4.21. The Morgan fingerprint density at radius 2 is 2.08 bits per heavy atom. The molecule has 1 atom stereocenters. The molecule has 0 spiro atoms. The van der Waals surface area contributed by atoms with Crippen LogP contribution in [0.1, 0.15) is 23.6 Å². The first kappa shape index (κ1) is 9.74. The average molecular weight is 179 g/mol. The zero-order valence-corrected chi connectivity index (χ0v) is 7.31. The molecule has 0 saturated carbocycles. The fourth-order valence-electron chi connectivity index (χ4n) is 1.59. The molecule has 1 aliphatic carbocycles. The fraction of sp³-hybridized carbons (Fsp3) is 0.300. The summed E-state index contributed by atoms with van der Waals surface area (Å²) in [7, 11) is 0. The number of carboxylic acid groups (broad SMARTS) is 1. The van der Waals surface area contributed by atoms with Crippen molar-refractivity contribution < 1.29 is 9.90 Å². The lowest BCUT2D eigenvalue weighted by Crippen LogP contribution is -2.04. The van der Waals surface area contributed by atoms with E-state index in [1.807, 2.05) is 0 Å². The molecular weight excluding hydrogens is 166 g/mol. The highest BCUT2D eigenvalue weighted by atomic mass is 16.3. The number of carbonyl (C=O) groups is 1. The molecule has 13 heavy (non-hydrogen) atoms. The summed E-state index contributed by atoms with van der Waals surface area (Å²) in [6, 6.07) is 8.74. The van der Waals surface area contributed by atoms with Crippen LogP contribution in [0.4, 0.5) is 0 Å². The lowest BCUT2D eigenvalue weighted by Gasteiger charge is -2.01. The topological polar surface area (TPSA) is 63.3 Å². The van der Waals surface area contributed by atoms with Crippen LogP contribution in [0.5, 0.6) is 0 Å². The highest BCUT2D eigenvalue weighted by molar-refractivity contribution is 5.33. The minimum atomic E-state index is -0.250. The van der Waals surface area contributed by atoms with Crippen LogP contribution in [-0.2, 0) is 11.2 Å². The van der Waals surface area contributed by atoms with Crippen LogP contribution < -0.4 is 5.73 Å². The zero-order valence-electron chi connectivity index (χ0n) is 7.31. The highest BCUT2D eigenvalue weighted by Gasteiger charge is 2.16. The number of nitrogens with two attached hydrogens (primary N) is 1. The Labute approximate surface area is 77.2 Å². The van der Waals surface area contributed by atoms with E-state index in [0.29, 0.717) is 6.04 Å². The Balaban J connectivity index is 0.000000251. The van der Waals surface area contributed by atoms with Crippen molar-refractivity contribution in [3.63, 3.8) is 0 Å². The van der Waals surface area contributed by atoms with Crippen molar-refractivity contribution in [3.8, 4) is 0 Å². The first-order chi connectivity index (χ1) is 6.29. The Morgan fingerprint density at radius 3 is 2.69 bits per heavy atom. The summed E-state index contributed by atoms with van der Waals surface area (Å²) >= 11 is 0. The van der Waals surface area contributed by atoms with Crippen molar-refractivity contribution in [2.45, 2.75) is 18.9 Å². The molecule has 3 N–H and O–H groups in total. The third-order valence-corrected chi connectivity index (χ3v) is 2.18. The molecule has 0 aliphatic heterocycles. The van der Waals surface area contributed by atoms with Crippen LogP contribution >= 0.6 is 0 Å². The highest BCUT2D eigenvalue weighted by Crippen LogP contribution is 2.28. The quantitative estimate of drug-likeness (QED) is 0.590. The van der Waals surface area contributed by atoms with Gasteiger partial charge in [0.2, 0.25) is 0 Å². The molecule has 1 aliphatic rings. The number of hydrogen-bond acceptors (Lipinski definition) is 2. The molecule has 0 bridgehead atoms. The second-order valence-corrected chi connectivity index (χ2v) is 2.95. The lowest BCUT2D eigenvalue weighted by molar-refractivity contribution is -0.122. The van der Waals surface area contributed by atoms with E-state index in [9.17, 15) is 0 Å². The van der Waals surface area contributed by atoms with Crippen molar-refractivity contribution in [2.24, 2.45) is 5.73 Å². The van der Waals surface area contributed by atoms with Crippen LogP contribution in [0.3, 0.4) is 0 Å². The third-order valence-electron chi connectivity index (χ3n) is 2.18. The summed E-state index contributed by atoms with van der Waals surface area (Å²) in [5.74, 6) is 0. The van der Waals surface area contributed by atoms with Crippen LogP contribution in [0.15, 0.2) is 24.3 Å². The number of aryl methyl sites for hydroxylation is 1. The first-order valence-electron chi connectivity index (χ1n) is 4.21. The smallest absolute Gasteiger partial charge is 0.290 e. The molecular formula is C10H13NO2. The van der Waals surface area contributed by atoms with E-state index in [4.69, 9.17) is 15.6 Å². The zero-order chi connectivity index (χ0) is 9.68. The Hall–Kier alpha value is -1.35. The number of benzene rings is 1. The van der Waals surface area contributed by atoms with Gasteiger partial charge in [0.1, 0.15) is 0 Å². The summed E-state index contributed by atoms with van der Waals surface area (Å²) in [4.78, 5) is 8.36. The van der Waals surface area contributed by atoms with Gasteiger partial charge in [-0.15, -0.1) is 0 Å². The lowest BCUT2D eigenvalue weighted by atomic mass is 10.1. The molecule has 0 heterocycles. The third kappa shape index (κ3) is 2.29. The summed E-state index contributed by atoms with van der Waals surface area (Å²) < 4.78 is 0. The average Bonchev–Trinajstić information content (AvgIpc) is 2.50. The molecule has 70 valence electrons. The predicted molar refractivity (Wildman–Crippen MR) is 50.4 cm³/mol. The largest absolute Gasteiger partial charge is 0.483 e. The SMILES string of the molecule is NC1CCc2ccccc21.O=CO. The van der Waals surface area contributed by atoms with Gasteiger partial charge in [0, 0.05) is 6.04 Å². The molecule has 1 aromatic carbocycles. The number of fused-ring (bicyclic) bond motifs is 1. The van der Waals surface area contributed by atoms with Crippen molar-refractivity contribution >= 4 is 6.47 Å². The number of rotatable bonds is 0. The van der Waals surface area contributed by atoms with Crippen molar-refractivity contribution in [2.75, 3.05) is 0 Å². The Bertz CT molecular complexity index is 286. The fourth-order valence-corrected chi connectivity index (χ4v) is 1.59. The molecule has 2 rings (SSSR count). The van der Waals surface area contributed by atoms with Gasteiger partial charge in [-0.3, -0.25) is 4.79 Å². The Morgan fingerprint density at radius 1 is 1.46 bits per heavy atom. The van der Waals surface area contributed by atoms with Crippen LogP contribution in [0.25, 0.3) is 0 Å². The molecule has 0 saturated heterocycles. The maximum Gasteiger partial charge on any atom is 0.290 e. The van der Waals surface area contributed by atoms with E-state index >= 15 is 0 Å². The normalized spacial score (nSPS) is 18.4. The van der Waals surface area contributed by atoms with Gasteiger partial charge in [-0.05, 0) is 24.0 Å². The molecule has 3 heteroatoms. The van der Waals surface area contributed by atoms with Gasteiger partial charge in [0.05, 0.1) is 0 Å². The van der Waals surface area contributed by atoms with Gasteiger partial charge in [0.25, 0.3) is 6.47 Å². The summed E-state index contributed by atoms with van der Waals surface area (Å²) in [6.45, 7) is -0.250. The monoisotopic (exact) mass is 179 g/mol. The second kappa shape index (κ2) is 4.62. The van der Waals surface area contributed by atoms with Gasteiger partial charge in [0.15, 0.2) is 0 Å². The van der Waals surface area contributed by atoms with Crippen LogP contribution in [-0.4, -0.2) is 11.6 Å². The minimum Gasteiger partial charge on any atom is -0.483 e. The summed E-state index contributed by atoms with van der Waals surface area (Å²) in [5.41, 5.74) is 8.64. The molecule has 0 aromatic heterocycles. The summed E-state index contributed by atoms with van der Waals surface area (Å²) in [5, 5.41) is 6.89. The molecule has 0 radical (unpaired) electrons. The van der Waals surface area contributed by atoms with Gasteiger partial charge < -0.3 is 10.8 Å². The standard InChI is InChI=1S/C9H11N.CH2O2/c10-9-6-5-7-3-1-2-4-8(7)9;2-1-3/h1-4,9H,5-6,10H2;1H,(H,2,3). The molecule has 1 aromatic rings. The van der Waals surface area contributed by atoms with E-state index in [2.05, 4.69) is 24.3 Å². The maximum atomic E-state index is 8.36. The minimum absolute atomic E-state index is 0.250. The van der Waals surface area contributed by atoms with Gasteiger partial charge >= 0.3 is 0 Å². The van der Waals surface area contributed by atoms with E-state index in [1.165, 1.54) is 11.1 Å². The van der Waals surface area contributed by atoms with Gasteiger partial charge in [-0.2, -0.15) is 0 Å². The Kier molecular flexibility index (Phi) is 3.46. The molecule has 3 nitrogen and oxygen atoms in total. The van der Waals surface area contributed by atoms with Gasteiger partial charge in [-0.1, -0.05) is 24.3 Å². The van der Waals surface area contributed by atoms with Crippen LogP contribution in [0, 0.1) is 0 Å². The van der Waals surface area contributed by atoms with E-state index in [1.54, 1.807) is 0 Å². The van der Waals surface area contributed by atoms with E-state index in [-0.39, 0.29) is 6.47 Å². The summed E-state index contributed by atoms with van der Waals surface area (Å²) in [6.07, 6.45) is 2.29. The van der Waals surface area contributed by atoms with Crippen molar-refractivity contribution in [1.29, 1.82) is 0 Å². The van der Waals surface area contributed by atoms with Crippen molar-refractivity contribution in [3.05, 3.63) is 35.4 Å². The second-order valence-electron chi connectivity index (χ2n) is 2.95. The van der Waals surface area contributed by atoms with Gasteiger partial charge in [-0.25, -0.2) is 0 Å². The van der Waals surface area contributed by atoms with Crippen LogP contribution in [0.2, 0.25) is 0 Å². The van der Waals surface area contributed by atoms with E-state index in [0.717, 1.165) is 12.8 Å². The van der Waals surface area contributed by atoms with Crippen molar-refractivity contribution in [1.82, 2.24) is 0 Å².